The zero-order valence-electron chi connectivity index (χ0n) is 12.7. The van der Waals surface area contributed by atoms with Crippen molar-refractivity contribution in [1.82, 2.24) is 0 Å². The molecule has 0 fully saturated rings. The van der Waals surface area contributed by atoms with E-state index in [1.165, 1.54) is 44.9 Å². The van der Waals surface area contributed by atoms with Crippen LogP contribution >= 0.6 is 0 Å². The average Bonchev–Trinajstić information content (AvgIpc) is 2.25. The Morgan fingerprint density at radius 1 is 0.824 bits per heavy atom. The number of rotatable bonds is 10. The molecule has 0 spiro atoms. The summed E-state index contributed by atoms with van der Waals surface area (Å²) in [5.41, 5.74) is 0. The van der Waals surface area contributed by atoms with Crippen molar-refractivity contribution >= 4 is 0 Å². The Morgan fingerprint density at radius 2 is 1.35 bits per heavy atom. The van der Waals surface area contributed by atoms with Crippen LogP contribution < -0.4 is 0 Å². The Kier molecular flexibility index (Phi) is 9.91. The molecule has 0 heterocycles. The highest BCUT2D eigenvalue weighted by Gasteiger charge is 2.11. The normalized spacial score (nSPS) is 18.7. The zero-order chi connectivity index (χ0) is 13.3. The van der Waals surface area contributed by atoms with E-state index in [-0.39, 0.29) is 6.10 Å². The molecule has 4 atom stereocenters. The summed E-state index contributed by atoms with van der Waals surface area (Å²) >= 11 is 0. The van der Waals surface area contributed by atoms with E-state index in [4.69, 9.17) is 0 Å². The van der Waals surface area contributed by atoms with Gasteiger partial charge in [-0.15, -0.1) is 0 Å². The maximum absolute atomic E-state index is 9.43. The van der Waals surface area contributed by atoms with Crippen LogP contribution in [0.4, 0.5) is 0 Å². The number of unbranched alkanes of at least 4 members (excludes halogenated alkanes) is 1. The lowest BCUT2D eigenvalue weighted by molar-refractivity contribution is 0.127. The fourth-order valence-corrected chi connectivity index (χ4v) is 2.50. The monoisotopic (exact) mass is 242 g/mol. The van der Waals surface area contributed by atoms with Gasteiger partial charge in [0.05, 0.1) is 6.10 Å². The van der Waals surface area contributed by atoms with E-state index in [0.29, 0.717) is 5.92 Å². The highest BCUT2D eigenvalue weighted by molar-refractivity contribution is 4.63. The summed E-state index contributed by atoms with van der Waals surface area (Å²) in [5.74, 6) is 2.20. The molecule has 0 rings (SSSR count). The third kappa shape index (κ3) is 9.64. The van der Waals surface area contributed by atoms with Crippen molar-refractivity contribution in [3.8, 4) is 0 Å². The summed E-state index contributed by atoms with van der Waals surface area (Å²) in [5, 5.41) is 9.43. The molecule has 0 radical (unpaired) electrons. The van der Waals surface area contributed by atoms with Gasteiger partial charge in [0.2, 0.25) is 0 Å². The minimum absolute atomic E-state index is 0.145. The average molecular weight is 242 g/mol. The van der Waals surface area contributed by atoms with Gasteiger partial charge in [0.1, 0.15) is 0 Å². The first-order valence-electron chi connectivity index (χ1n) is 7.65. The van der Waals surface area contributed by atoms with Gasteiger partial charge < -0.3 is 5.11 Å². The van der Waals surface area contributed by atoms with E-state index in [1.54, 1.807) is 0 Å². The minimum atomic E-state index is -0.145. The molecule has 0 saturated carbocycles. The van der Waals surface area contributed by atoms with E-state index in [2.05, 4.69) is 27.7 Å². The van der Waals surface area contributed by atoms with E-state index in [9.17, 15) is 5.11 Å². The molecule has 0 amide bonds. The molecule has 0 bridgehead atoms. The Labute approximate surface area is 109 Å². The lowest BCUT2D eigenvalue weighted by Gasteiger charge is -2.19. The SMILES string of the molecule is CCCCC(C)CC(C)CCC[C@@H](C)[C@H](C)O. The lowest BCUT2D eigenvalue weighted by Crippen LogP contribution is -2.13. The third-order valence-corrected chi connectivity index (χ3v) is 4.04. The molecular weight excluding hydrogens is 208 g/mol. The van der Waals surface area contributed by atoms with Gasteiger partial charge in [-0.1, -0.05) is 59.8 Å². The summed E-state index contributed by atoms with van der Waals surface area (Å²) in [6.45, 7) is 11.1. The van der Waals surface area contributed by atoms with Crippen molar-refractivity contribution in [2.75, 3.05) is 0 Å². The van der Waals surface area contributed by atoms with Crippen molar-refractivity contribution in [3.63, 3.8) is 0 Å². The highest BCUT2D eigenvalue weighted by Crippen LogP contribution is 2.23. The summed E-state index contributed by atoms with van der Waals surface area (Å²) in [6.07, 6.45) is 9.10. The first-order chi connectivity index (χ1) is 7.97. The second kappa shape index (κ2) is 9.94. The van der Waals surface area contributed by atoms with Crippen molar-refractivity contribution < 1.29 is 5.11 Å². The molecule has 104 valence electrons. The summed E-state index contributed by atoms with van der Waals surface area (Å²) in [4.78, 5) is 0. The van der Waals surface area contributed by atoms with E-state index in [0.717, 1.165) is 11.8 Å². The van der Waals surface area contributed by atoms with Gasteiger partial charge in [-0.3, -0.25) is 0 Å². The molecule has 1 N–H and O–H groups in total. The largest absolute Gasteiger partial charge is 0.393 e. The van der Waals surface area contributed by atoms with Gasteiger partial charge in [0, 0.05) is 0 Å². The molecule has 17 heavy (non-hydrogen) atoms. The minimum Gasteiger partial charge on any atom is -0.393 e. The smallest absolute Gasteiger partial charge is 0.0537 e. The van der Waals surface area contributed by atoms with Gasteiger partial charge >= 0.3 is 0 Å². The van der Waals surface area contributed by atoms with Crippen LogP contribution in [0.1, 0.15) is 79.6 Å². The Morgan fingerprint density at radius 3 is 1.82 bits per heavy atom. The molecule has 0 aromatic carbocycles. The van der Waals surface area contributed by atoms with Crippen LogP contribution in [-0.4, -0.2) is 11.2 Å². The van der Waals surface area contributed by atoms with Gasteiger partial charge in [0.15, 0.2) is 0 Å². The molecular formula is C16H34O. The maximum atomic E-state index is 9.43. The quantitative estimate of drug-likeness (QED) is 0.570. The predicted molar refractivity (Wildman–Crippen MR) is 77.2 cm³/mol. The lowest BCUT2D eigenvalue weighted by atomic mass is 9.88. The Bertz CT molecular complexity index is 165. The Hall–Kier alpha value is -0.0400. The fraction of sp³-hybridized carbons (Fsp3) is 1.00. The molecule has 0 aromatic heterocycles. The predicted octanol–water partition coefficient (Wildman–Crippen LogP) is 5.03. The summed E-state index contributed by atoms with van der Waals surface area (Å²) < 4.78 is 0. The molecule has 1 nitrogen and oxygen atoms in total. The topological polar surface area (TPSA) is 20.2 Å². The molecule has 0 aliphatic carbocycles. The third-order valence-electron chi connectivity index (χ3n) is 4.04. The van der Waals surface area contributed by atoms with E-state index in [1.807, 2.05) is 6.92 Å². The number of hydrogen-bond donors (Lipinski definition) is 1. The molecule has 0 aliphatic rings. The standard InChI is InChI=1S/C16H34O/c1-6-7-9-13(2)12-14(3)10-8-11-15(4)16(5)17/h13-17H,6-12H2,1-5H3/t13?,14?,15-,16+/m1/s1. The molecule has 0 saturated heterocycles. The first kappa shape index (κ1) is 17.0. The van der Waals surface area contributed by atoms with Crippen LogP contribution in [0.2, 0.25) is 0 Å². The van der Waals surface area contributed by atoms with Crippen molar-refractivity contribution in [2.24, 2.45) is 17.8 Å². The number of aliphatic hydroxyl groups is 1. The Balaban J connectivity index is 3.55. The highest BCUT2D eigenvalue weighted by atomic mass is 16.3. The maximum Gasteiger partial charge on any atom is 0.0537 e. The van der Waals surface area contributed by atoms with Crippen LogP contribution in [0, 0.1) is 17.8 Å². The molecule has 2 unspecified atom stereocenters. The van der Waals surface area contributed by atoms with E-state index >= 15 is 0 Å². The zero-order valence-corrected chi connectivity index (χ0v) is 12.7. The van der Waals surface area contributed by atoms with Crippen LogP contribution in [0.25, 0.3) is 0 Å². The first-order valence-corrected chi connectivity index (χ1v) is 7.65. The summed E-state index contributed by atoms with van der Waals surface area (Å²) in [7, 11) is 0. The van der Waals surface area contributed by atoms with Gasteiger partial charge in [-0.2, -0.15) is 0 Å². The van der Waals surface area contributed by atoms with Crippen LogP contribution in [0.5, 0.6) is 0 Å². The van der Waals surface area contributed by atoms with Gasteiger partial charge in [0.25, 0.3) is 0 Å². The van der Waals surface area contributed by atoms with Crippen molar-refractivity contribution in [1.29, 1.82) is 0 Å². The van der Waals surface area contributed by atoms with Crippen molar-refractivity contribution in [3.05, 3.63) is 0 Å². The molecule has 0 aromatic rings. The number of aliphatic hydroxyl groups excluding tert-OH is 1. The second-order valence-electron chi connectivity index (χ2n) is 6.24. The van der Waals surface area contributed by atoms with Crippen LogP contribution in [0.15, 0.2) is 0 Å². The van der Waals surface area contributed by atoms with Gasteiger partial charge in [-0.25, -0.2) is 0 Å². The summed E-state index contributed by atoms with van der Waals surface area (Å²) in [6, 6.07) is 0. The van der Waals surface area contributed by atoms with Crippen LogP contribution in [0.3, 0.4) is 0 Å². The van der Waals surface area contributed by atoms with Crippen molar-refractivity contribution in [2.45, 2.75) is 85.7 Å². The second-order valence-corrected chi connectivity index (χ2v) is 6.24. The molecule has 1 heteroatoms. The van der Waals surface area contributed by atoms with Gasteiger partial charge in [-0.05, 0) is 37.5 Å². The number of hydrogen-bond acceptors (Lipinski definition) is 1. The molecule has 0 aliphatic heterocycles. The fourth-order valence-electron chi connectivity index (χ4n) is 2.50. The van der Waals surface area contributed by atoms with E-state index < -0.39 is 0 Å². The van der Waals surface area contributed by atoms with Crippen LogP contribution in [-0.2, 0) is 0 Å².